The molecule has 112 valence electrons. The number of fused-ring (bicyclic) bond motifs is 1. The fourth-order valence-corrected chi connectivity index (χ4v) is 2.48. The molecule has 0 spiro atoms. The van der Waals surface area contributed by atoms with Gasteiger partial charge in [-0.05, 0) is 12.5 Å². The van der Waals surface area contributed by atoms with Crippen LogP contribution in [0.4, 0.5) is 0 Å². The molecule has 3 aromatic rings. The van der Waals surface area contributed by atoms with Crippen LogP contribution in [0.2, 0.25) is 0 Å². The number of benzene rings is 1. The van der Waals surface area contributed by atoms with Gasteiger partial charge in [-0.15, -0.1) is 0 Å². The highest BCUT2D eigenvalue weighted by Crippen LogP contribution is 2.11. The van der Waals surface area contributed by atoms with Crippen molar-refractivity contribution in [3.8, 4) is 0 Å². The summed E-state index contributed by atoms with van der Waals surface area (Å²) in [6, 6.07) is 9.55. The Kier molecular flexibility index (Phi) is 3.50. The van der Waals surface area contributed by atoms with Gasteiger partial charge in [-0.3, -0.25) is 14.3 Å². The summed E-state index contributed by atoms with van der Waals surface area (Å²) in [5.74, 6) is -0.393. The first-order valence-corrected chi connectivity index (χ1v) is 6.95. The lowest BCUT2D eigenvalue weighted by atomic mass is 10.1. The molecule has 2 heterocycles. The van der Waals surface area contributed by atoms with E-state index >= 15 is 0 Å². The maximum atomic E-state index is 12.5. The quantitative estimate of drug-likeness (QED) is 0.768. The molecule has 0 radical (unpaired) electrons. The first-order chi connectivity index (χ1) is 10.6. The lowest BCUT2D eigenvalue weighted by Crippen LogP contribution is -2.28. The summed E-state index contributed by atoms with van der Waals surface area (Å²) in [4.78, 5) is 27.7. The van der Waals surface area contributed by atoms with Crippen LogP contribution in [0.5, 0.6) is 0 Å². The van der Waals surface area contributed by atoms with E-state index in [1.165, 1.54) is 6.20 Å². The second-order valence-corrected chi connectivity index (χ2v) is 5.13. The number of carbonyl (C=O) groups is 1. The number of nitrogens with zero attached hydrogens (tertiary/aromatic N) is 2. The zero-order chi connectivity index (χ0) is 15.7. The van der Waals surface area contributed by atoms with E-state index in [1.807, 2.05) is 30.3 Å². The summed E-state index contributed by atoms with van der Waals surface area (Å²) in [6.07, 6.45) is 1.44. The van der Waals surface area contributed by atoms with Crippen molar-refractivity contribution in [2.45, 2.75) is 13.5 Å². The number of rotatable bonds is 3. The van der Waals surface area contributed by atoms with E-state index in [9.17, 15) is 9.59 Å². The van der Waals surface area contributed by atoms with Gasteiger partial charge in [0.1, 0.15) is 11.2 Å². The Bertz CT molecular complexity index is 894. The third-order valence-corrected chi connectivity index (χ3v) is 3.59. The van der Waals surface area contributed by atoms with Gasteiger partial charge in [0.05, 0.1) is 11.1 Å². The van der Waals surface area contributed by atoms with Crippen LogP contribution in [-0.2, 0) is 13.6 Å². The SMILES string of the molecule is Cc1nn(C)c2[nH]cc(C(=O)NCc3ccccc3)c(=O)c12. The predicted octanol–water partition coefficient (Wildman–Crippen LogP) is 1.50. The topological polar surface area (TPSA) is 79.8 Å². The van der Waals surface area contributed by atoms with Gasteiger partial charge in [0.25, 0.3) is 5.91 Å². The molecule has 22 heavy (non-hydrogen) atoms. The second-order valence-electron chi connectivity index (χ2n) is 5.13. The van der Waals surface area contributed by atoms with Crippen molar-refractivity contribution < 1.29 is 4.79 Å². The van der Waals surface area contributed by atoms with Gasteiger partial charge in [0.2, 0.25) is 5.43 Å². The molecule has 0 aliphatic carbocycles. The Morgan fingerprint density at radius 3 is 2.77 bits per heavy atom. The van der Waals surface area contributed by atoms with Gasteiger partial charge in [-0.2, -0.15) is 5.10 Å². The van der Waals surface area contributed by atoms with Crippen LogP contribution in [0.1, 0.15) is 21.6 Å². The van der Waals surface area contributed by atoms with Crippen LogP contribution in [0.25, 0.3) is 11.0 Å². The molecule has 0 bridgehead atoms. The van der Waals surface area contributed by atoms with E-state index in [0.29, 0.717) is 23.3 Å². The van der Waals surface area contributed by atoms with E-state index in [4.69, 9.17) is 0 Å². The number of aromatic nitrogens is 3. The number of aromatic amines is 1. The minimum Gasteiger partial charge on any atom is -0.348 e. The van der Waals surface area contributed by atoms with Gasteiger partial charge in [-0.1, -0.05) is 30.3 Å². The second kappa shape index (κ2) is 5.48. The van der Waals surface area contributed by atoms with E-state index in [-0.39, 0.29) is 11.0 Å². The van der Waals surface area contributed by atoms with Crippen molar-refractivity contribution in [3.63, 3.8) is 0 Å². The van der Waals surface area contributed by atoms with E-state index < -0.39 is 5.91 Å². The number of hydrogen-bond donors (Lipinski definition) is 2. The fraction of sp³-hybridized carbons (Fsp3) is 0.188. The minimum absolute atomic E-state index is 0.0968. The van der Waals surface area contributed by atoms with Crippen LogP contribution in [0.3, 0.4) is 0 Å². The summed E-state index contributed by atoms with van der Waals surface area (Å²) >= 11 is 0. The third-order valence-electron chi connectivity index (χ3n) is 3.59. The highest BCUT2D eigenvalue weighted by molar-refractivity contribution is 5.97. The highest BCUT2D eigenvalue weighted by atomic mass is 16.2. The molecule has 0 saturated heterocycles. The monoisotopic (exact) mass is 296 g/mol. The smallest absolute Gasteiger partial charge is 0.257 e. The minimum atomic E-state index is -0.393. The van der Waals surface area contributed by atoms with Crippen molar-refractivity contribution in [3.05, 3.63) is 63.6 Å². The molecule has 0 fully saturated rings. The Labute approximate surface area is 126 Å². The Morgan fingerprint density at radius 1 is 1.32 bits per heavy atom. The molecular weight excluding hydrogens is 280 g/mol. The van der Waals surface area contributed by atoms with Crippen LogP contribution >= 0.6 is 0 Å². The van der Waals surface area contributed by atoms with E-state index in [2.05, 4.69) is 15.4 Å². The molecule has 2 aromatic heterocycles. The summed E-state index contributed by atoms with van der Waals surface area (Å²) in [6.45, 7) is 2.13. The first-order valence-electron chi connectivity index (χ1n) is 6.95. The third kappa shape index (κ3) is 2.39. The fourth-order valence-electron chi connectivity index (χ4n) is 2.48. The molecule has 6 heteroatoms. The number of aryl methyl sites for hydroxylation is 2. The first kappa shape index (κ1) is 14.1. The predicted molar refractivity (Wildman–Crippen MR) is 83.7 cm³/mol. The van der Waals surface area contributed by atoms with Crippen LogP contribution in [0.15, 0.2) is 41.3 Å². The Hall–Kier alpha value is -2.89. The summed E-state index contributed by atoms with van der Waals surface area (Å²) in [7, 11) is 1.75. The molecule has 2 N–H and O–H groups in total. The van der Waals surface area contributed by atoms with Gasteiger partial charge in [-0.25, -0.2) is 0 Å². The van der Waals surface area contributed by atoms with Crippen LogP contribution < -0.4 is 10.7 Å². The van der Waals surface area contributed by atoms with Crippen LogP contribution in [0, 0.1) is 6.92 Å². The lowest BCUT2D eigenvalue weighted by molar-refractivity contribution is 0.0949. The average molecular weight is 296 g/mol. The lowest BCUT2D eigenvalue weighted by Gasteiger charge is -2.05. The Balaban J connectivity index is 1.90. The zero-order valence-electron chi connectivity index (χ0n) is 12.4. The number of hydrogen-bond acceptors (Lipinski definition) is 3. The number of amides is 1. The van der Waals surface area contributed by atoms with Crippen molar-refractivity contribution in [1.82, 2.24) is 20.1 Å². The molecule has 0 aliphatic heterocycles. The molecule has 0 aliphatic rings. The van der Waals surface area contributed by atoms with Crippen molar-refractivity contribution >= 4 is 16.9 Å². The molecule has 1 amide bonds. The molecule has 3 rings (SSSR count). The molecule has 0 unspecified atom stereocenters. The van der Waals surface area contributed by atoms with Gasteiger partial charge in [0, 0.05) is 19.8 Å². The summed E-state index contributed by atoms with van der Waals surface area (Å²) in [5.41, 5.74) is 1.99. The standard InChI is InChI=1S/C16H16N4O2/c1-10-13-14(21)12(9-17-15(13)20(2)19-10)16(22)18-8-11-6-4-3-5-7-11/h3-7,9H,8H2,1-2H3,(H,17,21)(H,18,22). The maximum absolute atomic E-state index is 12.5. The van der Waals surface area contributed by atoms with Gasteiger partial charge in [0.15, 0.2) is 0 Å². The zero-order valence-corrected chi connectivity index (χ0v) is 12.4. The van der Waals surface area contributed by atoms with E-state index in [0.717, 1.165) is 5.56 Å². The number of carbonyl (C=O) groups excluding carboxylic acids is 1. The van der Waals surface area contributed by atoms with Gasteiger partial charge >= 0.3 is 0 Å². The molecule has 6 nitrogen and oxygen atoms in total. The molecular formula is C16H16N4O2. The van der Waals surface area contributed by atoms with E-state index in [1.54, 1.807) is 18.7 Å². The van der Waals surface area contributed by atoms with Crippen molar-refractivity contribution in [1.29, 1.82) is 0 Å². The van der Waals surface area contributed by atoms with Crippen molar-refractivity contribution in [2.75, 3.05) is 0 Å². The van der Waals surface area contributed by atoms with Gasteiger partial charge < -0.3 is 10.3 Å². The maximum Gasteiger partial charge on any atom is 0.257 e. The summed E-state index contributed by atoms with van der Waals surface area (Å²) in [5, 5.41) is 7.41. The number of H-pyrrole nitrogens is 1. The molecule has 0 saturated carbocycles. The number of pyridine rings is 1. The average Bonchev–Trinajstić information content (AvgIpc) is 2.81. The highest BCUT2D eigenvalue weighted by Gasteiger charge is 2.16. The normalized spacial score (nSPS) is 10.8. The molecule has 1 aromatic carbocycles. The largest absolute Gasteiger partial charge is 0.348 e. The van der Waals surface area contributed by atoms with Crippen molar-refractivity contribution in [2.24, 2.45) is 7.05 Å². The number of nitrogens with one attached hydrogen (secondary N) is 2. The van der Waals surface area contributed by atoms with Crippen LogP contribution in [-0.4, -0.2) is 20.7 Å². The summed E-state index contributed by atoms with van der Waals surface area (Å²) < 4.78 is 1.59. The Morgan fingerprint density at radius 2 is 2.05 bits per heavy atom. The molecule has 0 atom stereocenters.